The number of aromatic hydroxyl groups is 1. The minimum absolute atomic E-state index is 0.00303. The molecule has 152 valence electrons. The molecule has 30 heavy (non-hydrogen) atoms. The number of carbonyl (C=O) groups is 2. The smallest absolute Gasteiger partial charge is 0.336 e. The number of hydrogen-bond donors (Lipinski definition) is 4. The molecule has 1 heterocycles. The molecule has 0 aromatic heterocycles. The molecule has 1 aliphatic heterocycles. The van der Waals surface area contributed by atoms with Crippen LogP contribution in [0, 0.1) is 0 Å². The number of carboxylic acids is 1. The number of phenolic OH excluding ortho intramolecular Hbond substituents is 1. The molecule has 1 aliphatic carbocycles. The van der Waals surface area contributed by atoms with Gasteiger partial charge in [-0.15, -0.1) is 0 Å². The van der Waals surface area contributed by atoms with Crippen LogP contribution in [0.3, 0.4) is 0 Å². The Morgan fingerprint density at radius 2 is 1.93 bits per heavy atom. The van der Waals surface area contributed by atoms with Crippen LogP contribution in [-0.2, 0) is 4.79 Å². The monoisotopic (exact) mass is 469 g/mol. The fourth-order valence-electron chi connectivity index (χ4n) is 3.57. The van der Waals surface area contributed by atoms with Gasteiger partial charge in [0.15, 0.2) is 0 Å². The standard InChI is InChI=1S/C22H16BrNO6/c23-10-19(27)24-16-3-1-2-15(22(28)29)21(16)20-13-6-4-11(25)8-17(13)30-18-9-12(26)5-7-14(18)20/h1-9,17,25-26H,10H2,(H,24,27)(H,28,29). The molecule has 8 heteroatoms. The van der Waals surface area contributed by atoms with Crippen molar-refractivity contribution < 1.29 is 29.6 Å². The molecule has 2 aromatic rings. The van der Waals surface area contributed by atoms with Crippen molar-refractivity contribution in [3.63, 3.8) is 0 Å². The molecule has 0 saturated heterocycles. The summed E-state index contributed by atoms with van der Waals surface area (Å²) >= 11 is 3.10. The van der Waals surface area contributed by atoms with Crippen LogP contribution >= 0.6 is 15.9 Å². The van der Waals surface area contributed by atoms with E-state index in [2.05, 4.69) is 21.2 Å². The Morgan fingerprint density at radius 3 is 2.67 bits per heavy atom. The van der Waals surface area contributed by atoms with Gasteiger partial charge >= 0.3 is 5.97 Å². The number of benzene rings is 2. The van der Waals surface area contributed by atoms with Crippen molar-refractivity contribution in [3.05, 3.63) is 82.6 Å². The molecule has 0 fully saturated rings. The van der Waals surface area contributed by atoms with E-state index in [0.29, 0.717) is 33.7 Å². The number of rotatable bonds is 4. The highest BCUT2D eigenvalue weighted by Gasteiger charge is 2.32. The summed E-state index contributed by atoms with van der Waals surface area (Å²) in [6, 6.07) is 9.17. The lowest BCUT2D eigenvalue weighted by molar-refractivity contribution is -0.113. The normalized spacial score (nSPS) is 16.8. The highest BCUT2D eigenvalue weighted by molar-refractivity contribution is 9.09. The highest BCUT2D eigenvalue weighted by Crippen LogP contribution is 2.46. The molecular formula is C22H16BrNO6. The molecule has 0 saturated carbocycles. The maximum atomic E-state index is 12.1. The number of hydrogen-bond acceptors (Lipinski definition) is 5. The van der Waals surface area contributed by atoms with Crippen LogP contribution in [0.4, 0.5) is 5.69 Å². The van der Waals surface area contributed by atoms with E-state index in [9.17, 15) is 24.9 Å². The maximum absolute atomic E-state index is 12.1. The number of fused-ring (bicyclic) bond motifs is 2. The van der Waals surface area contributed by atoms with Gasteiger partial charge in [0.25, 0.3) is 0 Å². The number of aliphatic hydroxyl groups excluding tert-OH is 1. The minimum atomic E-state index is -1.16. The number of anilines is 1. The number of halogens is 1. The molecule has 4 N–H and O–H groups in total. The Labute approximate surface area is 179 Å². The summed E-state index contributed by atoms with van der Waals surface area (Å²) in [5.74, 6) is -1.18. The fraction of sp³-hybridized carbons (Fsp3) is 0.0909. The van der Waals surface area contributed by atoms with Crippen LogP contribution < -0.4 is 10.1 Å². The van der Waals surface area contributed by atoms with Crippen molar-refractivity contribution in [2.24, 2.45) is 0 Å². The third-order valence-corrected chi connectivity index (χ3v) is 5.29. The number of alkyl halides is 1. The number of aromatic carboxylic acids is 1. The van der Waals surface area contributed by atoms with Gasteiger partial charge in [-0.1, -0.05) is 28.1 Å². The Bertz CT molecular complexity index is 1160. The van der Waals surface area contributed by atoms with E-state index in [4.69, 9.17) is 4.74 Å². The summed E-state index contributed by atoms with van der Waals surface area (Å²) in [5.41, 5.74) is 2.35. The van der Waals surface area contributed by atoms with Gasteiger partial charge in [-0.25, -0.2) is 4.79 Å². The average molecular weight is 470 g/mol. The number of amides is 1. The SMILES string of the molecule is O=C(CBr)Nc1cccc(C(=O)O)c1C1=C2C=CC(O)=CC2Oc2cc(O)ccc21. The van der Waals surface area contributed by atoms with Gasteiger partial charge in [0.1, 0.15) is 23.4 Å². The lowest BCUT2D eigenvalue weighted by atomic mass is 9.83. The molecule has 2 aliphatic rings. The zero-order valence-corrected chi connectivity index (χ0v) is 17.0. The van der Waals surface area contributed by atoms with Crippen molar-refractivity contribution in [3.8, 4) is 11.5 Å². The molecule has 0 bridgehead atoms. The van der Waals surface area contributed by atoms with Crippen LogP contribution in [0.25, 0.3) is 5.57 Å². The van der Waals surface area contributed by atoms with E-state index < -0.39 is 12.1 Å². The number of ether oxygens (including phenoxy) is 1. The van der Waals surface area contributed by atoms with E-state index in [1.54, 1.807) is 24.3 Å². The first kappa shape index (κ1) is 19.8. The van der Waals surface area contributed by atoms with Crippen LogP contribution in [0.2, 0.25) is 0 Å². The first-order chi connectivity index (χ1) is 14.4. The number of carboxylic acid groups (broad SMARTS) is 1. The predicted molar refractivity (Wildman–Crippen MR) is 114 cm³/mol. The number of carbonyl (C=O) groups excluding carboxylic acids is 1. The topological polar surface area (TPSA) is 116 Å². The number of aliphatic hydroxyl groups is 1. The Morgan fingerprint density at radius 1 is 1.13 bits per heavy atom. The zero-order valence-electron chi connectivity index (χ0n) is 15.4. The van der Waals surface area contributed by atoms with E-state index in [-0.39, 0.29) is 28.3 Å². The van der Waals surface area contributed by atoms with Crippen molar-refractivity contribution in [2.45, 2.75) is 6.10 Å². The predicted octanol–water partition coefficient (Wildman–Crippen LogP) is 4.00. The maximum Gasteiger partial charge on any atom is 0.336 e. The number of allylic oxidation sites excluding steroid dienone is 1. The lowest BCUT2D eigenvalue weighted by Gasteiger charge is -2.31. The Balaban J connectivity index is 2.05. The van der Waals surface area contributed by atoms with Gasteiger partial charge in [0.05, 0.1) is 10.9 Å². The summed E-state index contributed by atoms with van der Waals surface area (Å²) in [5, 5.41) is 32.5. The Hall–Kier alpha value is -3.52. The summed E-state index contributed by atoms with van der Waals surface area (Å²) in [6.45, 7) is 0. The number of phenols is 1. The van der Waals surface area contributed by atoms with Crippen LogP contribution in [-0.4, -0.2) is 38.6 Å². The molecule has 1 amide bonds. The van der Waals surface area contributed by atoms with Gasteiger partial charge in [0, 0.05) is 40.1 Å². The summed E-state index contributed by atoms with van der Waals surface area (Å²) in [6.07, 6.45) is 3.93. The van der Waals surface area contributed by atoms with Crippen LogP contribution in [0.1, 0.15) is 21.5 Å². The molecule has 0 radical (unpaired) electrons. The highest BCUT2D eigenvalue weighted by atomic mass is 79.9. The van der Waals surface area contributed by atoms with E-state index in [0.717, 1.165) is 0 Å². The first-order valence-electron chi connectivity index (χ1n) is 8.94. The van der Waals surface area contributed by atoms with Crippen molar-refractivity contribution in [1.29, 1.82) is 0 Å². The van der Waals surface area contributed by atoms with E-state index in [1.807, 2.05) is 0 Å². The molecule has 4 rings (SSSR count). The zero-order chi connectivity index (χ0) is 21.4. The second-order valence-electron chi connectivity index (χ2n) is 6.69. The van der Waals surface area contributed by atoms with Gasteiger partial charge in [-0.3, -0.25) is 4.79 Å². The second kappa shape index (κ2) is 7.72. The third kappa shape index (κ3) is 3.46. The lowest BCUT2D eigenvalue weighted by Crippen LogP contribution is -2.25. The average Bonchev–Trinajstić information content (AvgIpc) is 2.71. The van der Waals surface area contributed by atoms with Gasteiger partial charge < -0.3 is 25.4 Å². The van der Waals surface area contributed by atoms with E-state index in [1.165, 1.54) is 30.4 Å². The molecule has 0 spiro atoms. The summed E-state index contributed by atoms with van der Waals surface area (Å²) in [7, 11) is 0. The van der Waals surface area contributed by atoms with E-state index >= 15 is 0 Å². The first-order valence-corrected chi connectivity index (χ1v) is 10.1. The molecule has 7 nitrogen and oxygen atoms in total. The van der Waals surface area contributed by atoms with Gasteiger partial charge in [-0.2, -0.15) is 0 Å². The second-order valence-corrected chi connectivity index (χ2v) is 7.25. The van der Waals surface area contributed by atoms with Crippen LogP contribution in [0.5, 0.6) is 11.5 Å². The van der Waals surface area contributed by atoms with Gasteiger partial charge in [0.2, 0.25) is 5.91 Å². The largest absolute Gasteiger partial charge is 0.508 e. The molecule has 2 aromatic carbocycles. The van der Waals surface area contributed by atoms with Crippen LogP contribution in [0.15, 0.2) is 66.0 Å². The molecule has 1 atom stereocenters. The van der Waals surface area contributed by atoms with Crippen molar-refractivity contribution in [1.82, 2.24) is 0 Å². The summed E-state index contributed by atoms with van der Waals surface area (Å²) in [4.78, 5) is 24.1. The molecular weight excluding hydrogens is 454 g/mol. The Kier molecular flexibility index (Phi) is 5.09. The van der Waals surface area contributed by atoms with Gasteiger partial charge in [-0.05, 0) is 30.3 Å². The van der Waals surface area contributed by atoms with Crippen molar-refractivity contribution in [2.75, 3.05) is 10.6 Å². The minimum Gasteiger partial charge on any atom is -0.508 e. The number of nitrogens with one attached hydrogen (secondary N) is 1. The summed E-state index contributed by atoms with van der Waals surface area (Å²) < 4.78 is 5.93. The molecule has 1 unspecified atom stereocenters. The quantitative estimate of drug-likeness (QED) is 0.503. The van der Waals surface area contributed by atoms with Crippen molar-refractivity contribution >= 4 is 39.1 Å². The fourth-order valence-corrected chi connectivity index (χ4v) is 3.71. The third-order valence-electron chi connectivity index (χ3n) is 4.78.